The van der Waals surface area contributed by atoms with Gasteiger partial charge in [0.2, 0.25) is 0 Å². The number of nitrogens with one attached hydrogen (secondary N) is 1. The Labute approximate surface area is 91.5 Å². The molecule has 0 fully saturated rings. The average Bonchev–Trinajstić information content (AvgIpc) is 2.39. The molecule has 0 aliphatic carbocycles. The van der Waals surface area contributed by atoms with Crippen molar-refractivity contribution in [2.45, 2.75) is 0 Å². The van der Waals surface area contributed by atoms with Crippen molar-refractivity contribution in [1.29, 1.82) is 0 Å². The van der Waals surface area contributed by atoms with E-state index in [0.717, 1.165) is 23.7 Å². The van der Waals surface area contributed by atoms with Crippen molar-refractivity contribution in [2.24, 2.45) is 0 Å². The van der Waals surface area contributed by atoms with Gasteiger partial charge in [-0.25, -0.2) is 0 Å². The van der Waals surface area contributed by atoms with E-state index in [-0.39, 0.29) is 0 Å². The van der Waals surface area contributed by atoms with E-state index >= 15 is 0 Å². The van der Waals surface area contributed by atoms with Crippen LogP contribution in [0.15, 0.2) is 16.6 Å². The fraction of sp³-hybridized carbons (Fsp3) is 0. The van der Waals surface area contributed by atoms with Crippen LogP contribution in [0.4, 0.5) is 0 Å². The van der Waals surface area contributed by atoms with Gasteiger partial charge in [0, 0.05) is 4.47 Å². The lowest BCUT2D eigenvalue weighted by Crippen LogP contribution is -1.70. The summed E-state index contributed by atoms with van der Waals surface area (Å²) in [7, 11) is 0. The Kier molecular flexibility index (Phi) is 2.25. The average molecular weight is 281 g/mol. The first-order valence-corrected chi connectivity index (χ1v) is 5.55. The quantitative estimate of drug-likeness (QED) is 0.708. The van der Waals surface area contributed by atoms with Gasteiger partial charge in [0.05, 0.1) is 15.2 Å². The molecule has 0 aliphatic heterocycles. The van der Waals surface area contributed by atoms with Crippen LogP contribution in [0.25, 0.3) is 10.2 Å². The van der Waals surface area contributed by atoms with Gasteiger partial charge in [-0.2, -0.15) is 0 Å². The third kappa shape index (κ3) is 1.33. The minimum atomic E-state index is 0.727. The van der Waals surface area contributed by atoms with Crippen molar-refractivity contribution in [3.8, 4) is 0 Å². The van der Waals surface area contributed by atoms with Gasteiger partial charge in [-0.05, 0) is 40.3 Å². The van der Waals surface area contributed by atoms with Crippen molar-refractivity contribution < 1.29 is 0 Å². The van der Waals surface area contributed by atoms with E-state index in [4.69, 9.17) is 23.8 Å². The van der Waals surface area contributed by atoms with Crippen LogP contribution in [-0.2, 0) is 0 Å². The van der Waals surface area contributed by atoms with Gasteiger partial charge in [0.25, 0.3) is 0 Å². The number of aromatic amines is 1. The van der Waals surface area contributed by atoms with Crippen LogP contribution in [0.3, 0.4) is 0 Å². The summed E-state index contributed by atoms with van der Waals surface area (Å²) in [6.45, 7) is 0. The van der Waals surface area contributed by atoms with E-state index in [9.17, 15) is 0 Å². The summed E-state index contributed by atoms with van der Waals surface area (Å²) >= 11 is 15.9. The molecule has 0 amide bonds. The van der Waals surface area contributed by atoms with Gasteiger partial charge in [-0.15, -0.1) is 11.3 Å². The molecule has 2 rings (SSSR count). The SMILES string of the molecule is S=c1[nH]c2ccc(Br)c(Cl)c2s1. The van der Waals surface area contributed by atoms with Crippen LogP contribution in [0.5, 0.6) is 0 Å². The first-order chi connectivity index (χ1) is 5.68. The Morgan fingerprint density at radius 2 is 2.25 bits per heavy atom. The molecule has 62 valence electrons. The maximum atomic E-state index is 6.04. The first kappa shape index (κ1) is 8.69. The Hall–Kier alpha value is 0.1000. The largest absolute Gasteiger partial charge is 0.337 e. The molecule has 5 heteroatoms. The topological polar surface area (TPSA) is 15.8 Å². The second kappa shape index (κ2) is 3.10. The predicted octanol–water partition coefficient (Wildman–Crippen LogP) is 4.37. The molecule has 1 nitrogen and oxygen atoms in total. The minimum absolute atomic E-state index is 0.727. The number of aromatic nitrogens is 1. The van der Waals surface area contributed by atoms with E-state index < -0.39 is 0 Å². The lowest BCUT2D eigenvalue weighted by Gasteiger charge is -1.94. The summed E-state index contributed by atoms with van der Waals surface area (Å²) in [5, 5.41) is 0.727. The van der Waals surface area contributed by atoms with E-state index in [1.165, 1.54) is 11.3 Å². The Bertz CT molecular complexity index is 488. The lowest BCUT2D eigenvalue weighted by atomic mass is 10.3. The van der Waals surface area contributed by atoms with Crippen LogP contribution in [0, 0.1) is 3.95 Å². The Morgan fingerprint density at radius 1 is 1.50 bits per heavy atom. The molecule has 0 spiro atoms. The summed E-state index contributed by atoms with van der Waals surface area (Å²) in [5.74, 6) is 0. The Balaban J connectivity index is 2.99. The first-order valence-electron chi connectivity index (χ1n) is 3.15. The fourth-order valence-electron chi connectivity index (χ4n) is 0.958. The zero-order chi connectivity index (χ0) is 8.72. The number of rotatable bonds is 0. The van der Waals surface area contributed by atoms with E-state index in [1.54, 1.807) is 0 Å². The van der Waals surface area contributed by atoms with E-state index in [2.05, 4.69) is 20.9 Å². The number of thiazole rings is 1. The van der Waals surface area contributed by atoms with Gasteiger partial charge in [-0.1, -0.05) is 11.6 Å². The smallest absolute Gasteiger partial charge is 0.159 e. The second-order valence-corrected chi connectivity index (χ2v) is 5.17. The second-order valence-electron chi connectivity index (χ2n) is 2.25. The molecular weight excluding hydrogens is 278 g/mol. The summed E-state index contributed by atoms with van der Waals surface area (Å²) in [6, 6.07) is 3.86. The maximum absolute atomic E-state index is 6.04. The molecule has 2 aromatic rings. The number of hydrogen-bond acceptors (Lipinski definition) is 2. The number of fused-ring (bicyclic) bond motifs is 1. The summed E-state index contributed by atoms with van der Waals surface area (Å²) in [5.41, 5.74) is 0.998. The number of benzene rings is 1. The molecule has 0 bridgehead atoms. The van der Waals surface area contributed by atoms with Crippen molar-refractivity contribution in [1.82, 2.24) is 4.98 Å². The number of halogens is 2. The molecule has 12 heavy (non-hydrogen) atoms. The molecule has 0 atom stereocenters. The third-order valence-electron chi connectivity index (χ3n) is 1.48. The Morgan fingerprint density at radius 3 is 3.00 bits per heavy atom. The monoisotopic (exact) mass is 279 g/mol. The van der Waals surface area contributed by atoms with Crippen LogP contribution in [0.2, 0.25) is 5.02 Å². The predicted molar refractivity (Wildman–Crippen MR) is 59.7 cm³/mol. The molecule has 1 aromatic carbocycles. The van der Waals surface area contributed by atoms with E-state index in [1.807, 2.05) is 12.1 Å². The van der Waals surface area contributed by atoms with Crippen molar-refractivity contribution in [3.05, 3.63) is 25.6 Å². The highest BCUT2D eigenvalue weighted by molar-refractivity contribution is 9.10. The molecule has 1 N–H and O–H groups in total. The van der Waals surface area contributed by atoms with Crippen molar-refractivity contribution >= 4 is 61.3 Å². The van der Waals surface area contributed by atoms with E-state index in [0.29, 0.717) is 0 Å². The zero-order valence-electron chi connectivity index (χ0n) is 5.73. The molecule has 0 saturated heterocycles. The third-order valence-corrected chi connectivity index (χ3v) is 4.14. The highest BCUT2D eigenvalue weighted by atomic mass is 79.9. The van der Waals surface area contributed by atoms with Crippen LogP contribution >= 0.6 is 51.1 Å². The molecule has 0 aliphatic rings. The molecule has 1 aromatic heterocycles. The number of hydrogen-bond donors (Lipinski definition) is 1. The van der Waals surface area contributed by atoms with Crippen LogP contribution in [-0.4, -0.2) is 4.98 Å². The molecule has 0 radical (unpaired) electrons. The summed E-state index contributed by atoms with van der Waals surface area (Å²) in [4.78, 5) is 3.05. The standard InChI is InChI=1S/C7H3BrClNS2/c8-3-1-2-4-6(5(3)9)12-7(11)10-4/h1-2H,(H,10,11). The minimum Gasteiger partial charge on any atom is -0.337 e. The zero-order valence-corrected chi connectivity index (χ0v) is 9.70. The van der Waals surface area contributed by atoms with Gasteiger partial charge in [0.1, 0.15) is 0 Å². The van der Waals surface area contributed by atoms with Gasteiger partial charge in [0.15, 0.2) is 3.95 Å². The van der Waals surface area contributed by atoms with Gasteiger partial charge in [-0.3, -0.25) is 0 Å². The molecular formula is C7H3BrClNS2. The summed E-state index contributed by atoms with van der Waals surface area (Å²) in [6.07, 6.45) is 0. The molecule has 0 saturated carbocycles. The number of H-pyrrole nitrogens is 1. The van der Waals surface area contributed by atoms with Crippen molar-refractivity contribution in [3.63, 3.8) is 0 Å². The van der Waals surface area contributed by atoms with Crippen LogP contribution < -0.4 is 0 Å². The highest BCUT2D eigenvalue weighted by Gasteiger charge is 2.04. The van der Waals surface area contributed by atoms with Crippen molar-refractivity contribution in [2.75, 3.05) is 0 Å². The maximum Gasteiger partial charge on any atom is 0.159 e. The summed E-state index contributed by atoms with van der Waals surface area (Å²) < 4.78 is 2.67. The lowest BCUT2D eigenvalue weighted by molar-refractivity contribution is 1.47. The molecule has 1 heterocycles. The van der Waals surface area contributed by atoms with Gasteiger partial charge >= 0.3 is 0 Å². The highest BCUT2D eigenvalue weighted by Crippen LogP contribution is 2.33. The fourth-order valence-corrected chi connectivity index (χ4v) is 2.84. The normalized spacial score (nSPS) is 10.8. The molecule has 0 unspecified atom stereocenters. The van der Waals surface area contributed by atoms with Gasteiger partial charge < -0.3 is 4.98 Å². The van der Waals surface area contributed by atoms with Crippen LogP contribution in [0.1, 0.15) is 0 Å².